The van der Waals surface area contributed by atoms with Crippen molar-refractivity contribution in [3.8, 4) is 0 Å². The lowest BCUT2D eigenvalue weighted by molar-refractivity contribution is 0.0955. The molecule has 2 amide bonds. The van der Waals surface area contributed by atoms with Gasteiger partial charge in [-0.25, -0.2) is 4.98 Å². The van der Waals surface area contributed by atoms with Gasteiger partial charge in [-0.05, 0) is 59.3 Å². The molecule has 1 heterocycles. The molecule has 0 unspecified atom stereocenters. The molecule has 2 N–H and O–H groups in total. The SMILES string of the molecule is CCNC(=O)c1ccc(NC(=O)c2ccc(Br)nc2)cc1. The molecule has 2 aromatic rings. The number of benzene rings is 1. The van der Waals surface area contributed by atoms with Gasteiger partial charge in [-0.3, -0.25) is 9.59 Å². The summed E-state index contributed by atoms with van der Waals surface area (Å²) in [5.74, 6) is -0.381. The molecule has 0 radical (unpaired) electrons. The Labute approximate surface area is 130 Å². The number of anilines is 1. The lowest BCUT2D eigenvalue weighted by Gasteiger charge is -2.06. The molecule has 0 bridgehead atoms. The highest BCUT2D eigenvalue weighted by Crippen LogP contribution is 2.12. The smallest absolute Gasteiger partial charge is 0.257 e. The van der Waals surface area contributed by atoms with Crippen LogP contribution in [0, 0.1) is 0 Å². The quantitative estimate of drug-likeness (QED) is 0.835. The molecular formula is C15H14BrN3O2. The van der Waals surface area contributed by atoms with E-state index in [4.69, 9.17) is 0 Å². The molecule has 6 heteroatoms. The van der Waals surface area contributed by atoms with Crippen LogP contribution in [0.5, 0.6) is 0 Å². The summed E-state index contributed by atoms with van der Waals surface area (Å²) in [5, 5.41) is 5.46. The Morgan fingerprint density at radius 1 is 1.05 bits per heavy atom. The summed E-state index contributed by atoms with van der Waals surface area (Å²) >= 11 is 3.21. The highest BCUT2D eigenvalue weighted by Gasteiger charge is 2.08. The molecule has 0 fully saturated rings. The Balaban J connectivity index is 2.04. The third kappa shape index (κ3) is 4.13. The van der Waals surface area contributed by atoms with E-state index in [0.717, 1.165) is 0 Å². The van der Waals surface area contributed by atoms with Gasteiger partial charge in [0.2, 0.25) is 0 Å². The predicted molar refractivity (Wildman–Crippen MR) is 84.3 cm³/mol. The number of nitrogens with one attached hydrogen (secondary N) is 2. The van der Waals surface area contributed by atoms with Crippen molar-refractivity contribution < 1.29 is 9.59 Å². The second-order valence-electron chi connectivity index (χ2n) is 4.26. The fourth-order valence-corrected chi connectivity index (χ4v) is 1.92. The maximum Gasteiger partial charge on any atom is 0.257 e. The number of carbonyl (C=O) groups excluding carboxylic acids is 2. The van der Waals surface area contributed by atoms with Gasteiger partial charge in [0.05, 0.1) is 5.56 Å². The minimum Gasteiger partial charge on any atom is -0.352 e. The predicted octanol–water partition coefficient (Wildman–Crippen LogP) is 2.85. The fourth-order valence-electron chi connectivity index (χ4n) is 1.68. The number of hydrogen-bond donors (Lipinski definition) is 2. The zero-order valence-corrected chi connectivity index (χ0v) is 13.0. The standard InChI is InChI=1S/C15H14BrN3O2/c1-2-17-14(20)10-3-6-12(7-4-10)19-15(21)11-5-8-13(16)18-9-11/h3-9H,2H2,1H3,(H,17,20)(H,19,21). The number of amides is 2. The summed E-state index contributed by atoms with van der Waals surface area (Å²) in [6, 6.07) is 10.1. The summed E-state index contributed by atoms with van der Waals surface area (Å²) in [7, 11) is 0. The first-order chi connectivity index (χ1) is 10.1. The van der Waals surface area contributed by atoms with E-state index in [9.17, 15) is 9.59 Å². The first-order valence-electron chi connectivity index (χ1n) is 6.41. The van der Waals surface area contributed by atoms with Crippen LogP contribution in [-0.2, 0) is 0 Å². The molecule has 0 atom stereocenters. The van der Waals surface area contributed by atoms with E-state index >= 15 is 0 Å². The minimum atomic E-state index is -0.249. The van der Waals surface area contributed by atoms with Crippen LogP contribution in [0.25, 0.3) is 0 Å². The second-order valence-corrected chi connectivity index (χ2v) is 5.07. The van der Waals surface area contributed by atoms with Crippen molar-refractivity contribution in [2.75, 3.05) is 11.9 Å². The van der Waals surface area contributed by atoms with Crippen LogP contribution in [0.15, 0.2) is 47.2 Å². The molecule has 1 aromatic heterocycles. The summed E-state index contributed by atoms with van der Waals surface area (Å²) in [6.07, 6.45) is 1.49. The maximum absolute atomic E-state index is 12.0. The van der Waals surface area contributed by atoms with Crippen LogP contribution in [0.2, 0.25) is 0 Å². The lowest BCUT2D eigenvalue weighted by Crippen LogP contribution is -2.22. The number of halogens is 1. The van der Waals surface area contributed by atoms with Gasteiger partial charge in [0.25, 0.3) is 11.8 Å². The van der Waals surface area contributed by atoms with Gasteiger partial charge >= 0.3 is 0 Å². The highest BCUT2D eigenvalue weighted by atomic mass is 79.9. The normalized spacial score (nSPS) is 10.0. The van der Waals surface area contributed by atoms with Crippen LogP contribution in [0.1, 0.15) is 27.6 Å². The van der Waals surface area contributed by atoms with Crippen molar-refractivity contribution in [3.63, 3.8) is 0 Å². The topological polar surface area (TPSA) is 71.1 Å². The molecule has 0 aliphatic rings. The molecule has 5 nitrogen and oxygen atoms in total. The molecule has 2 rings (SSSR count). The lowest BCUT2D eigenvalue weighted by atomic mass is 10.2. The first kappa shape index (κ1) is 15.2. The summed E-state index contributed by atoms with van der Waals surface area (Å²) in [6.45, 7) is 2.44. The number of pyridine rings is 1. The van der Waals surface area contributed by atoms with E-state index in [1.54, 1.807) is 36.4 Å². The molecule has 21 heavy (non-hydrogen) atoms. The van der Waals surface area contributed by atoms with Crippen LogP contribution < -0.4 is 10.6 Å². The van der Waals surface area contributed by atoms with Crippen molar-refractivity contribution >= 4 is 33.4 Å². The van der Waals surface area contributed by atoms with E-state index in [0.29, 0.717) is 28.0 Å². The molecule has 0 saturated carbocycles. The largest absolute Gasteiger partial charge is 0.352 e. The van der Waals surface area contributed by atoms with Crippen molar-refractivity contribution in [1.82, 2.24) is 10.3 Å². The first-order valence-corrected chi connectivity index (χ1v) is 7.20. The summed E-state index contributed by atoms with van der Waals surface area (Å²) in [4.78, 5) is 27.6. The number of rotatable bonds is 4. The van der Waals surface area contributed by atoms with E-state index in [-0.39, 0.29) is 11.8 Å². The Morgan fingerprint density at radius 2 is 1.71 bits per heavy atom. The van der Waals surface area contributed by atoms with Gasteiger partial charge in [-0.15, -0.1) is 0 Å². The van der Waals surface area contributed by atoms with Crippen LogP contribution in [0.4, 0.5) is 5.69 Å². The van der Waals surface area contributed by atoms with Gasteiger partial charge in [0, 0.05) is 24.0 Å². The van der Waals surface area contributed by atoms with E-state index in [1.807, 2.05) is 6.92 Å². The zero-order chi connectivity index (χ0) is 15.2. The minimum absolute atomic E-state index is 0.132. The average Bonchev–Trinajstić information content (AvgIpc) is 2.49. The highest BCUT2D eigenvalue weighted by molar-refractivity contribution is 9.10. The molecule has 108 valence electrons. The zero-order valence-electron chi connectivity index (χ0n) is 11.4. The van der Waals surface area contributed by atoms with Crippen molar-refractivity contribution in [2.45, 2.75) is 6.92 Å². The van der Waals surface area contributed by atoms with E-state index in [1.165, 1.54) is 6.20 Å². The number of nitrogens with zero attached hydrogens (tertiary/aromatic N) is 1. The third-order valence-electron chi connectivity index (χ3n) is 2.73. The van der Waals surface area contributed by atoms with E-state index in [2.05, 4.69) is 31.5 Å². The van der Waals surface area contributed by atoms with Gasteiger partial charge in [0.1, 0.15) is 4.60 Å². The third-order valence-corrected chi connectivity index (χ3v) is 3.20. The monoisotopic (exact) mass is 347 g/mol. The Kier molecular flexibility index (Phi) is 5.05. The molecular weight excluding hydrogens is 334 g/mol. The molecule has 0 aliphatic heterocycles. The Bertz CT molecular complexity index is 639. The van der Waals surface area contributed by atoms with Crippen LogP contribution in [0.3, 0.4) is 0 Å². The van der Waals surface area contributed by atoms with E-state index < -0.39 is 0 Å². The van der Waals surface area contributed by atoms with Crippen molar-refractivity contribution in [3.05, 3.63) is 58.3 Å². The molecule has 0 spiro atoms. The number of carbonyl (C=O) groups is 2. The summed E-state index contributed by atoms with van der Waals surface area (Å²) < 4.78 is 0.672. The number of hydrogen-bond acceptors (Lipinski definition) is 3. The maximum atomic E-state index is 12.0. The Morgan fingerprint density at radius 3 is 2.29 bits per heavy atom. The second kappa shape index (κ2) is 6.99. The van der Waals surface area contributed by atoms with Crippen molar-refractivity contribution in [2.24, 2.45) is 0 Å². The average molecular weight is 348 g/mol. The van der Waals surface area contributed by atoms with Crippen LogP contribution >= 0.6 is 15.9 Å². The molecule has 0 saturated heterocycles. The fraction of sp³-hybridized carbons (Fsp3) is 0.133. The van der Waals surface area contributed by atoms with Gasteiger partial charge in [-0.1, -0.05) is 0 Å². The van der Waals surface area contributed by atoms with Crippen molar-refractivity contribution in [1.29, 1.82) is 0 Å². The molecule has 1 aromatic carbocycles. The Hall–Kier alpha value is -2.21. The summed E-state index contributed by atoms with van der Waals surface area (Å²) in [5.41, 5.74) is 1.64. The number of aromatic nitrogens is 1. The van der Waals surface area contributed by atoms with Gasteiger partial charge in [-0.2, -0.15) is 0 Å². The van der Waals surface area contributed by atoms with Gasteiger partial charge < -0.3 is 10.6 Å². The van der Waals surface area contributed by atoms with Crippen LogP contribution in [-0.4, -0.2) is 23.3 Å². The van der Waals surface area contributed by atoms with Gasteiger partial charge in [0.15, 0.2) is 0 Å². The molecule has 0 aliphatic carbocycles.